The van der Waals surface area contributed by atoms with Crippen LogP contribution in [0.2, 0.25) is 0 Å². The highest BCUT2D eigenvalue weighted by atomic mass is 32.1. The van der Waals surface area contributed by atoms with Crippen LogP contribution in [0, 0.1) is 11.8 Å². The number of aromatic carboxylic acids is 1. The molecule has 2 rings (SSSR count). The predicted molar refractivity (Wildman–Crippen MR) is 71.9 cm³/mol. The van der Waals surface area contributed by atoms with Crippen molar-refractivity contribution in [3.63, 3.8) is 0 Å². The molecule has 0 aliphatic heterocycles. The molecule has 0 spiro atoms. The number of carboxylic acid groups (broad SMARTS) is 1. The van der Waals surface area contributed by atoms with Crippen LogP contribution in [0.5, 0.6) is 0 Å². The van der Waals surface area contributed by atoms with E-state index in [1.54, 1.807) is 0 Å². The Hall–Kier alpha value is -0.940. The number of hydrogen-bond acceptors (Lipinski definition) is 4. The molecule has 2 N–H and O–H groups in total. The summed E-state index contributed by atoms with van der Waals surface area (Å²) in [5.74, 6) is 0.625. The van der Waals surface area contributed by atoms with Gasteiger partial charge in [0, 0.05) is 11.9 Å². The van der Waals surface area contributed by atoms with Crippen molar-refractivity contribution in [2.45, 2.75) is 39.2 Å². The summed E-state index contributed by atoms with van der Waals surface area (Å²) in [6.07, 6.45) is 5.36. The summed E-state index contributed by atoms with van der Waals surface area (Å²) in [6.45, 7) is 4.02. The van der Waals surface area contributed by atoms with Gasteiger partial charge < -0.3 is 10.4 Å². The molecular formula is C13H20N2O2S. The largest absolute Gasteiger partial charge is 0.476 e. The number of carboxylic acids is 1. The fourth-order valence-corrected chi connectivity index (χ4v) is 3.22. The summed E-state index contributed by atoms with van der Waals surface area (Å²) >= 11 is 1.19. The van der Waals surface area contributed by atoms with E-state index >= 15 is 0 Å². The molecule has 0 radical (unpaired) electrons. The minimum absolute atomic E-state index is 0.179. The lowest BCUT2D eigenvalue weighted by atomic mass is 9.80. The average molecular weight is 268 g/mol. The predicted octanol–water partition coefficient (Wildman–Crippen LogP) is 2.76. The van der Waals surface area contributed by atoms with Crippen molar-refractivity contribution < 1.29 is 9.90 Å². The van der Waals surface area contributed by atoms with E-state index in [0.29, 0.717) is 6.54 Å². The van der Waals surface area contributed by atoms with E-state index in [1.165, 1.54) is 37.0 Å². The molecule has 0 aromatic carbocycles. The smallest absolute Gasteiger partial charge is 0.365 e. The Kier molecular flexibility index (Phi) is 4.72. The first kappa shape index (κ1) is 13.5. The molecule has 1 saturated carbocycles. The Labute approximate surface area is 111 Å². The molecule has 1 aliphatic carbocycles. The van der Waals surface area contributed by atoms with Gasteiger partial charge in [0.25, 0.3) is 0 Å². The summed E-state index contributed by atoms with van der Waals surface area (Å²) in [5, 5.41) is 14.2. The number of thiazole rings is 1. The topological polar surface area (TPSA) is 62.2 Å². The van der Waals surface area contributed by atoms with E-state index in [4.69, 9.17) is 5.11 Å². The SMILES string of the molecule is CC1CCCCC1CNCc1csc(C(=O)O)n1. The van der Waals surface area contributed by atoms with Gasteiger partial charge in [-0.3, -0.25) is 0 Å². The van der Waals surface area contributed by atoms with Gasteiger partial charge in [0.2, 0.25) is 5.01 Å². The van der Waals surface area contributed by atoms with Gasteiger partial charge in [-0.25, -0.2) is 9.78 Å². The van der Waals surface area contributed by atoms with E-state index in [-0.39, 0.29) is 5.01 Å². The first-order chi connectivity index (χ1) is 8.66. The second kappa shape index (κ2) is 6.29. The molecular weight excluding hydrogens is 248 g/mol. The first-order valence-electron chi connectivity index (χ1n) is 6.55. The quantitative estimate of drug-likeness (QED) is 0.862. The zero-order valence-electron chi connectivity index (χ0n) is 10.7. The van der Waals surface area contributed by atoms with E-state index in [9.17, 15) is 4.79 Å². The zero-order valence-corrected chi connectivity index (χ0v) is 11.5. The van der Waals surface area contributed by atoms with Crippen molar-refractivity contribution in [1.82, 2.24) is 10.3 Å². The van der Waals surface area contributed by atoms with Crippen molar-refractivity contribution in [3.05, 3.63) is 16.1 Å². The summed E-state index contributed by atoms with van der Waals surface area (Å²) in [7, 11) is 0. The molecule has 100 valence electrons. The van der Waals surface area contributed by atoms with Crippen molar-refractivity contribution in [2.24, 2.45) is 11.8 Å². The third-order valence-corrected chi connectivity index (χ3v) is 4.62. The van der Waals surface area contributed by atoms with Crippen LogP contribution in [0.1, 0.15) is 48.1 Å². The zero-order chi connectivity index (χ0) is 13.0. The summed E-state index contributed by atoms with van der Waals surface area (Å²) < 4.78 is 0. The van der Waals surface area contributed by atoms with Crippen LogP contribution in [0.4, 0.5) is 0 Å². The van der Waals surface area contributed by atoms with Crippen LogP contribution in [-0.2, 0) is 6.54 Å². The van der Waals surface area contributed by atoms with Gasteiger partial charge in [0.05, 0.1) is 5.69 Å². The Morgan fingerprint density at radius 1 is 1.56 bits per heavy atom. The fourth-order valence-electron chi connectivity index (χ4n) is 2.57. The lowest BCUT2D eigenvalue weighted by Crippen LogP contribution is -2.29. The van der Waals surface area contributed by atoms with Gasteiger partial charge in [0.1, 0.15) is 0 Å². The summed E-state index contributed by atoms with van der Waals surface area (Å²) in [4.78, 5) is 14.8. The molecule has 0 saturated heterocycles. The Balaban J connectivity index is 1.75. The lowest BCUT2D eigenvalue weighted by Gasteiger charge is -2.28. The standard InChI is InChI=1S/C13H20N2O2S/c1-9-4-2-3-5-10(9)6-14-7-11-8-18-12(15-11)13(16)17/h8-10,14H,2-7H2,1H3,(H,16,17). The third kappa shape index (κ3) is 3.53. The molecule has 1 heterocycles. The van der Waals surface area contributed by atoms with Gasteiger partial charge in [0.15, 0.2) is 0 Å². The van der Waals surface area contributed by atoms with Crippen molar-refractivity contribution in [1.29, 1.82) is 0 Å². The maximum Gasteiger partial charge on any atom is 0.365 e. The molecule has 0 amide bonds. The minimum Gasteiger partial charge on any atom is -0.476 e. The number of carbonyl (C=O) groups is 1. The van der Waals surface area contributed by atoms with Crippen LogP contribution in [0.25, 0.3) is 0 Å². The first-order valence-corrected chi connectivity index (χ1v) is 7.43. The lowest BCUT2D eigenvalue weighted by molar-refractivity contribution is 0.0696. The van der Waals surface area contributed by atoms with Crippen molar-refractivity contribution >= 4 is 17.3 Å². The van der Waals surface area contributed by atoms with E-state index in [2.05, 4.69) is 17.2 Å². The molecule has 4 nitrogen and oxygen atoms in total. The molecule has 1 aliphatic rings. The third-order valence-electron chi connectivity index (χ3n) is 3.74. The number of rotatable bonds is 5. The molecule has 1 fully saturated rings. The fraction of sp³-hybridized carbons (Fsp3) is 0.692. The maximum absolute atomic E-state index is 10.7. The Morgan fingerprint density at radius 2 is 2.33 bits per heavy atom. The molecule has 0 bridgehead atoms. The van der Waals surface area contributed by atoms with Gasteiger partial charge in [-0.15, -0.1) is 11.3 Å². The molecule has 1 aromatic rings. The minimum atomic E-state index is -0.938. The van der Waals surface area contributed by atoms with Crippen molar-refractivity contribution in [3.8, 4) is 0 Å². The Morgan fingerprint density at radius 3 is 3.00 bits per heavy atom. The van der Waals surface area contributed by atoms with Gasteiger partial charge in [-0.2, -0.15) is 0 Å². The second-order valence-corrected chi connectivity index (χ2v) is 5.96. The molecule has 5 heteroatoms. The highest BCUT2D eigenvalue weighted by molar-refractivity contribution is 7.11. The number of aromatic nitrogens is 1. The van der Waals surface area contributed by atoms with Crippen LogP contribution in [-0.4, -0.2) is 22.6 Å². The van der Waals surface area contributed by atoms with Gasteiger partial charge >= 0.3 is 5.97 Å². The monoisotopic (exact) mass is 268 g/mol. The molecule has 18 heavy (non-hydrogen) atoms. The van der Waals surface area contributed by atoms with Crippen LogP contribution < -0.4 is 5.32 Å². The van der Waals surface area contributed by atoms with Crippen LogP contribution >= 0.6 is 11.3 Å². The second-order valence-electron chi connectivity index (χ2n) is 5.10. The molecule has 1 aromatic heterocycles. The maximum atomic E-state index is 10.7. The average Bonchev–Trinajstić information content (AvgIpc) is 2.80. The van der Waals surface area contributed by atoms with Crippen LogP contribution in [0.15, 0.2) is 5.38 Å². The highest BCUT2D eigenvalue weighted by Crippen LogP contribution is 2.28. The molecule has 2 unspecified atom stereocenters. The summed E-state index contributed by atoms with van der Waals surface area (Å²) in [5.41, 5.74) is 0.834. The van der Waals surface area contributed by atoms with Crippen LogP contribution in [0.3, 0.4) is 0 Å². The Bertz CT molecular complexity index is 405. The number of hydrogen-bond donors (Lipinski definition) is 2. The van der Waals surface area contributed by atoms with E-state index in [1.807, 2.05) is 5.38 Å². The summed E-state index contributed by atoms with van der Waals surface area (Å²) in [6, 6.07) is 0. The van der Waals surface area contributed by atoms with Gasteiger partial charge in [-0.05, 0) is 24.8 Å². The highest BCUT2D eigenvalue weighted by Gasteiger charge is 2.20. The van der Waals surface area contributed by atoms with E-state index in [0.717, 1.165) is 24.1 Å². The normalized spacial score (nSPS) is 24.1. The number of nitrogens with one attached hydrogen (secondary N) is 1. The number of nitrogens with zero attached hydrogens (tertiary/aromatic N) is 1. The van der Waals surface area contributed by atoms with Gasteiger partial charge in [-0.1, -0.05) is 26.2 Å². The van der Waals surface area contributed by atoms with E-state index < -0.39 is 5.97 Å². The van der Waals surface area contributed by atoms with Crippen molar-refractivity contribution in [2.75, 3.05) is 6.54 Å². The molecule has 2 atom stereocenters.